The van der Waals surface area contributed by atoms with Gasteiger partial charge in [-0.05, 0) is 67.3 Å². The Hall–Kier alpha value is -5.46. The second-order valence-corrected chi connectivity index (χ2v) is 17.1. The normalized spacial score (nSPS) is 21.7. The minimum absolute atomic E-state index is 0.0735. The zero-order valence-electron chi connectivity index (χ0n) is 35.4. The van der Waals surface area contributed by atoms with Crippen molar-refractivity contribution >= 4 is 68.5 Å². The molecule has 10 rings (SSSR count). The largest absolute Gasteiger partial charge is 0.356 e. The standard InChI is InChI=1S/C21H27N7O2.C17H21BrN6O.C4H7NO/c1-3-15-19(30)25(2)16-13-23-20(24-18(16)28(15)14-7-4-5-8-14)27-12-10-22-21(27)26-11-6-9-17(26)29;1-3-12-15(25)22(2)13-10-20-17(23-9-8-19-16(23)18)21-14(13)24(12)11-6-4-5-7-11;6-4-2-1-3-5-4/h10,12-15H,3-9,11H2,1-2H3;8-12H,3-7H2,1-2H3;1-3H2,(H,5,6)/t15-;12-;/m11./s1. The number of amides is 4. The third kappa shape index (κ3) is 8.20. The number of fused-ring (bicyclic) bond motifs is 2. The van der Waals surface area contributed by atoms with Crippen LogP contribution in [0.15, 0.2) is 41.9 Å². The van der Waals surface area contributed by atoms with E-state index in [2.05, 4.69) is 64.8 Å². The molecule has 1 N–H and O–H groups in total. The predicted molar refractivity (Wildman–Crippen MR) is 234 cm³/mol. The van der Waals surface area contributed by atoms with Crippen molar-refractivity contribution in [2.75, 3.05) is 51.7 Å². The Morgan fingerprint density at radius 2 is 1.20 bits per heavy atom. The zero-order chi connectivity index (χ0) is 42.8. The van der Waals surface area contributed by atoms with Gasteiger partial charge in [-0.25, -0.2) is 19.9 Å². The van der Waals surface area contributed by atoms with Crippen LogP contribution in [0.25, 0.3) is 11.9 Å². The molecule has 0 radical (unpaired) electrons. The van der Waals surface area contributed by atoms with E-state index in [1.807, 2.05) is 13.2 Å². The number of nitrogens with zero attached hydrogens (tertiary/aromatic N) is 13. The van der Waals surface area contributed by atoms with Gasteiger partial charge in [-0.2, -0.15) is 9.97 Å². The SMILES string of the molecule is CC[C@@H]1C(=O)N(C)c2cnc(-n3ccnc3Br)nc2N1C1CCCC1.CC[C@@H]1C(=O)N(C)c2cnc(-n3ccnc3N3CCCC3=O)nc2N1C1CCCC1.O=C1CCCN1. The van der Waals surface area contributed by atoms with Crippen molar-refractivity contribution in [2.45, 2.75) is 128 Å². The van der Waals surface area contributed by atoms with Crippen LogP contribution in [0.4, 0.5) is 29.0 Å². The van der Waals surface area contributed by atoms with Gasteiger partial charge in [0.05, 0.1) is 12.4 Å². The van der Waals surface area contributed by atoms with Crippen LogP contribution >= 0.6 is 15.9 Å². The first-order valence-electron chi connectivity index (χ1n) is 21.8. The second-order valence-electron chi connectivity index (χ2n) is 16.4. The molecule has 4 aromatic heterocycles. The van der Waals surface area contributed by atoms with E-state index in [-0.39, 0.29) is 35.7 Å². The van der Waals surface area contributed by atoms with E-state index in [1.165, 1.54) is 25.7 Å². The lowest BCUT2D eigenvalue weighted by Crippen LogP contribution is -2.55. The Morgan fingerprint density at radius 3 is 1.62 bits per heavy atom. The molecule has 2 saturated carbocycles. The molecule has 2 aliphatic carbocycles. The number of hydrogen-bond acceptors (Lipinski definition) is 12. The van der Waals surface area contributed by atoms with Gasteiger partial charge in [0.15, 0.2) is 16.4 Å². The van der Waals surface area contributed by atoms with Gasteiger partial charge in [-0.1, -0.05) is 39.5 Å². The van der Waals surface area contributed by atoms with Gasteiger partial charge in [0.1, 0.15) is 23.5 Å². The highest BCUT2D eigenvalue weighted by Gasteiger charge is 2.43. The van der Waals surface area contributed by atoms with Crippen LogP contribution in [0, 0.1) is 0 Å². The highest BCUT2D eigenvalue weighted by Crippen LogP contribution is 2.41. The lowest BCUT2D eigenvalue weighted by molar-refractivity contribution is -0.120. The molecular formula is C42H55BrN14O4. The zero-order valence-corrected chi connectivity index (χ0v) is 37.0. The molecule has 8 heterocycles. The Labute approximate surface area is 364 Å². The van der Waals surface area contributed by atoms with Gasteiger partial charge < -0.3 is 24.9 Å². The summed E-state index contributed by atoms with van der Waals surface area (Å²) in [6.07, 6.45) is 24.2. The van der Waals surface area contributed by atoms with Gasteiger partial charge >= 0.3 is 0 Å². The van der Waals surface area contributed by atoms with E-state index < -0.39 is 0 Å². The predicted octanol–water partition coefficient (Wildman–Crippen LogP) is 5.12. The fraction of sp³-hybridized carbons (Fsp3) is 0.571. The van der Waals surface area contributed by atoms with E-state index in [0.717, 1.165) is 87.3 Å². The van der Waals surface area contributed by atoms with Gasteiger partial charge in [-0.15, -0.1) is 0 Å². The molecule has 61 heavy (non-hydrogen) atoms. The average molecular weight is 900 g/mol. The molecule has 0 bridgehead atoms. The van der Waals surface area contributed by atoms with Crippen LogP contribution in [-0.4, -0.2) is 114 Å². The van der Waals surface area contributed by atoms with Crippen molar-refractivity contribution in [3.05, 3.63) is 41.9 Å². The molecule has 2 saturated heterocycles. The van der Waals surface area contributed by atoms with Crippen molar-refractivity contribution in [3.8, 4) is 11.9 Å². The molecule has 324 valence electrons. The first-order chi connectivity index (χ1) is 29.6. The molecule has 0 spiro atoms. The number of imidazole rings is 2. The summed E-state index contributed by atoms with van der Waals surface area (Å²) in [6, 6.07) is 0.317. The number of halogens is 1. The monoisotopic (exact) mass is 898 g/mol. The molecule has 4 fully saturated rings. The maximum Gasteiger partial charge on any atom is 0.249 e. The van der Waals surface area contributed by atoms with Crippen molar-refractivity contribution in [3.63, 3.8) is 0 Å². The van der Waals surface area contributed by atoms with Crippen molar-refractivity contribution in [1.29, 1.82) is 0 Å². The molecule has 0 aromatic carbocycles. The lowest BCUT2D eigenvalue weighted by atomic mass is 10.0. The third-order valence-corrected chi connectivity index (χ3v) is 13.3. The Kier molecular flexibility index (Phi) is 12.6. The quantitative estimate of drug-likeness (QED) is 0.259. The molecule has 6 aliphatic rings. The Bertz CT molecular complexity index is 2240. The maximum atomic E-state index is 13.0. The minimum atomic E-state index is -0.212. The van der Waals surface area contributed by atoms with Crippen LogP contribution < -0.4 is 29.8 Å². The maximum absolute atomic E-state index is 13.0. The van der Waals surface area contributed by atoms with Crippen LogP contribution in [0.1, 0.15) is 104 Å². The highest BCUT2D eigenvalue weighted by molar-refractivity contribution is 9.10. The van der Waals surface area contributed by atoms with E-state index in [9.17, 15) is 19.2 Å². The van der Waals surface area contributed by atoms with Crippen molar-refractivity contribution in [2.24, 2.45) is 0 Å². The van der Waals surface area contributed by atoms with Crippen molar-refractivity contribution < 1.29 is 19.2 Å². The molecule has 4 aromatic rings. The molecule has 18 nitrogen and oxygen atoms in total. The van der Waals surface area contributed by atoms with Gasteiger partial charge in [0.25, 0.3) is 0 Å². The molecule has 2 atom stereocenters. The number of likely N-dealkylation sites (N-methyl/N-ethyl adjacent to an activating group) is 2. The van der Waals surface area contributed by atoms with Gasteiger partial charge in [0.2, 0.25) is 41.5 Å². The lowest BCUT2D eigenvalue weighted by Gasteiger charge is -2.43. The summed E-state index contributed by atoms with van der Waals surface area (Å²) in [5.74, 6) is 3.74. The summed E-state index contributed by atoms with van der Waals surface area (Å²) in [4.78, 5) is 85.2. The van der Waals surface area contributed by atoms with Crippen LogP contribution in [0.5, 0.6) is 0 Å². The van der Waals surface area contributed by atoms with E-state index in [4.69, 9.17) is 9.97 Å². The molecule has 0 unspecified atom stereocenters. The first-order valence-corrected chi connectivity index (χ1v) is 22.6. The summed E-state index contributed by atoms with van der Waals surface area (Å²) in [6.45, 7) is 5.67. The molecule has 4 amide bonds. The number of rotatable bonds is 7. The van der Waals surface area contributed by atoms with Gasteiger partial charge in [-0.3, -0.25) is 33.2 Å². The Balaban J connectivity index is 0.000000150. The fourth-order valence-corrected chi connectivity index (χ4v) is 9.89. The van der Waals surface area contributed by atoms with Crippen LogP contribution in [-0.2, 0) is 19.2 Å². The van der Waals surface area contributed by atoms with E-state index in [1.54, 1.807) is 61.9 Å². The first kappa shape index (κ1) is 42.2. The topological polar surface area (TPSA) is 184 Å². The Morgan fingerprint density at radius 1 is 0.672 bits per heavy atom. The summed E-state index contributed by atoms with van der Waals surface area (Å²) in [5.41, 5.74) is 1.51. The highest BCUT2D eigenvalue weighted by atomic mass is 79.9. The van der Waals surface area contributed by atoms with E-state index >= 15 is 0 Å². The van der Waals surface area contributed by atoms with Crippen LogP contribution in [0.3, 0.4) is 0 Å². The number of aromatic nitrogens is 8. The number of carbonyl (C=O) groups is 4. The van der Waals surface area contributed by atoms with E-state index in [0.29, 0.717) is 47.6 Å². The summed E-state index contributed by atoms with van der Waals surface area (Å²) in [7, 11) is 3.61. The molecular weight excluding hydrogens is 844 g/mol. The van der Waals surface area contributed by atoms with Crippen LogP contribution in [0.2, 0.25) is 0 Å². The molecule has 4 aliphatic heterocycles. The number of hydrogen-bond donors (Lipinski definition) is 1. The summed E-state index contributed by atoms with van der Waals surface area (Å²) >= 11 is 3.42. The number of carbonyl (C=O) groups excluding carboxylic acids is 4. The number of nitrogens with one attached hydrogen (secondary N) is 1. The minimum Gasteiger partial charge on any atom is -0.356 e. The molecule has 19 heteroatoms. The fourth-order valence-electron chi connectivity index (χ4n) is 9.49. The number of anilines is 5. The average Bonchev–Trinajstić information content (AvgIpc) is 4.13. The third-order valence-electron chi connectivity index (χ3n) is 12.7. The second kappa shape index (κ2) is 18.3. The summed E-state index contributed by atoms with van der Waals surface area (Å²) in [5, 5.41) is 2.68. The summed E-state index contributed by atoms with van der Waals surface area (Å²) < 4.78 is 4.23. The smallest absolute Gasteiger partial charge is 0.249 e. The van der Waals surface area contributed by atoms with Crippen molar-refractivity contribution in [1.82, 2.24) is 44.4 Å². The van der Waals surface area contributed by atoms with Gasteiger partial charge in [0, 0.05) is 76.9 Å².